The van der Waals surface area contributed by atoms with Crippen LogP contribution in [0.25, 0.3) is 0 Å². The van der Waals surface area contributed by atoms with Crippen LogP contribution in [0.4, 0.5) is 27.1 Å². The molecule has 1 aromatic rings. The summed E-state index contributed by atoms with van der Waals surface area (Å²) in [6.45, 7) is 0. The Labute approximate surface area is 95.2 Å². The SMILES string of the molecule is COC(=O)c1nc(N)sc1C(F)(F)C(F)(F)F. The highest BCUT2D eigenvalue weighted by atomic mass is 32.1. The highest BCUT2D eigenvalue weighted by Crippen LogP contribution is 2.47. The van der Waals surface area contributed by atoms with Crippen molar-refractivity contribution >= 4 is 22.4 Å². The van der Waals surface area contributed by atoms with Gasteiger partial charge in [0.15, 0.2) is 10.8 Å². The number of alkyl halides is 5. The molecule has 0 radical (unpaired) electrons. The second kappa shape index (κ2) is 4.09. The van der Waals surface area contributed by atoms with Gasteiger partial charge >= 0.3 is 18.1 Å². The zero-order valence-electron chi connectivity index (χ0n) is 8.14. The number of carbonyl (C=O) groups excluding carboxylic acids is 1. The van der Waals surface area contributed by atoms with Gasteiger partial charge in [-0.15, -0.1) is 0 Å². The van der Waals surface area contributed by atoms with E-state index in [1.807, 2.05) is 0 Å². The molecule has 10 heteroatoms. The maximum Gasteiger partial charge on any atom is 0.459 e. The summed E-state index contributed by atoms with van der Waals surface area (Å²) >= 11 is -0.112. The number of esters is 1. The second-order valence-corrected chi connectivity index (χ2v) is 3.82. The van der Waals surface area contributed by atoms with Gasteiger partial charge in [-0.25, -0.2) is 9.78 Å². The molecular weight excluding hydrogens is 271 g/mol. The van der Waals surface area contributed by atoms with Crippen LogP contribution < -0.4 is 5.73 Å². The van der Waals surface area contributed by atoms with E-state index in [9.17, 15) is 26.7 Å². The van der Waals surface area contributed by atoms with Gasteiger partial charge in [-0.05, 0) is 0 Å². The first kappa shape index (κ1) is 13.6. The summed E-state index contributed by atoms with van der Waals surface area (Å²) in [6.07, 6.45) is -5.84. The van der Waals surface area contributed by atoms with Crippen LogP contribution >= 0.6 is 11.3 Å². The Hall–Kier alpha value is -1.45. The number of nitrogens with two attached hydrogens (primary N) is 1. The van der Waals surface area contributed by atoms with Crippen molar-refractivity contribution in [3.63, 3.8) is 0 Å². The van der Waals surface area contributed by atoms with E-state index in [-0.39, 0.29) is 11.3 Å². The molecule has 0 atom stereocenters. The Morgan fingerprint density at radius 3 is 2.29 bits per heavy atom. The standard InChI is InChI=1S/C7H5F5N2O2S/c1-16-4(15)2-3(17-5(13)14-2)6(8,9)7(10,11)12/h1H3,(H2,13,14). The predicted molar refractivity (Wildman–Crippen MR) is 47.8 cm³/mol. The number of hydrogen-bond acceptors (Lipinski definition) is 5. The van der Waals surface area contributed by atoms with Crippen LogP contribution in [0.3, 0.4) is 0 Å². The lowest BCUT2D eigenvalue weighted by Crippen LogP contribution is -2.34. The summed E-state index contributed by atoms with van der Waals surface area (Å²) in [5.74, 6) is -6.61. The molecule has 2 N–H and O–H groups in total. The Bertz CT molecular complexity index is 442. The Morgan fingerprint density at radius 2 is 1.88 bits per heavy atom. The van der Waals surface area contributed by atoms with Crippen molar-refractivity contribution in [3.05, 3.63) is 10.6 Å². The van der Waals surface area contributed by atoms with Crippen molar-refractivity contribution in [3.8, 4) is 0 Å². The molecule has 0 saturated heterocycles. The smallest absolute Gasteiger partial charge is 0.459 e. The largest absolute Gasteiger partial charge is 0.464 e. The topological polar surface area (TPSA) is 65.2 Å². The lowest BCUT2D eigenvalue weighted by atomic mass is 10.2. The van der Waals surface area contributed by atoms with Crippen LogP contribution in [0.1, 0.15) is 15.4 Å². The van der Waals surface area contributed by atoms with Gasteiger partial charge in [0, 0.05) is 0 Å². The van der Waals surface area contributed by atoms with Crippen molar-refractivity contribution in [2.75, 3.05) is 12.8 Å². The third-order valence-electron chi connectivity index (χ3n) is 1.66. The minimum atomic E-state index is -5.84. The summed E-state index contributed by atoms with van der Waals surface area (Å²) in [5.41, 5.74) is 3.88. The molecular formula is C7H5F5N2O2S. The van der Waals surface area contributed by atoms with Crippen LogP contribution in [-0.2, 0) is 10.7 Å². The van der Waals surface area contributed by atoms with E-state index in [0.717, 1.165) is 7.11 Å². The fourth-order valence-corrected chi connectivity index (χ4v) is 1.73. The van der Waals surface area contributed by atoms with E-state index in [2.05, 4.69) is 9.72 Å². The highest BCUT2D eigenvalue weighted by Gasteiger charge is 2.61. The van der Waals surface area contributed by atoms with Crippen molar-refractivity contribution in [1.29, 1.82) is 0 Å². The van der Waals surface area contributed by atoms with Gasteiger partial charge in [-0.1, -0.05) is 11.3 Å². The molecule has 0 amide bonds. The van der Waals surface area contributed by atoms with Gasteiger partial charge in [0.05, 0.1) is 7.11 Å². The third kappa shape index (κ3) is 2.30. The maximum absolute atomic E-state index is 13.0. The first-order valence-electron chi connectivity index (χ1n) is 3.91. The molecule has 0 aromatic carbocycles. The van der Waals surface area contributed by atoms with Gasteiger partial charge in [-0.2, -0.15) is 22.0 Å². The van der Waals surface area contributed by atoms with Crippen molar-refractivity contribution in [2.24, 2.45) is 0 Å². The summed E-state index contributed by atoms with van der Waals surface area (Å²) in [6, 6.07) is 0. The molecule has 0 bridgehead atoms. The average molecular weight is 276 g/mol. The number of anilines is 1. The van der Waals surface area contributed by atoms with E-state index < -0.39 is 33.8 Å². The molecule has 0 unspecified atom stereocenters. The van der Waals surface area contributed by atoms with Crippen LogP contribution in [0.2, 0.25) is 0 Å². The van der Waals surface area contributed by atoms with Crippen LogP contribution in [0.15, 0.2) is 0 Å². The number of hydrogen-bond donors (Lipinski definition) is 1. The number of methoxy groups -OCH3 is 1. The second-order valence-electron chi connectivity index (χ2n) is 2.79. The number of carbonyl (C=O) groups is 1. The summed E-state index contributed by atoms with van der Waals surface area (Å²) in [4.78, 5) is 12.5. The first-order chi connectivity index (χ1) is 7.61. The van der Waals surface area contributed by atoms with E-state index in [1.165, 1.54) is 0 Å². The van der Waals surface area contributed by atoms with Crippen LogP contribution in [0, 0.1) is 0 Å². The van der Waals surface area contributed by atoms with Crippen molar-refractivity contribution < 1.29 is 31.5 Å². The fraction of sp³-hybridized carbons (Fsp3) is 0.429. The Kier molecular flexibility index (Phi) is 3.28. The quantitative estimate of drug-likeness (QED) is 0.664. The minimum Gasteiger partial charge on any atom is -0.464 e. The average Bonchev–Trinajstić information content (AvgIpc) is 2.58. The number of nitrogen functional groups attached to an aromatic ring is 1. The molecule has 0 saturated carbocycles. The Balaban J connectivity index is 3.36. The number of aromatic nitrogens is 1. The van der Waals surface area contributed by atoms with Gasteiger partial charge < -0.3 is 10.5 Å². The van der Waals surface area contributed by atoms with Gasteiger partial charge in [0.2, 0.25) is 0 Å². The minimum absolute atomic E-state index is 0.112. The molecule has 1 heterocycles. The zero-order valence-corrected chi connectivity index (χ0v) is 8.96. The van der Waals surface area contributed by atoms with E-state index in [4.69, 9.17) is 5.73 Å². The van der Waals surface area contributed by atoms with Crippen LogP contribution in [0.5, 0.6) is 0 Å². The monoisotopic (exact) mass is 276 g/mol. The molecule has 0 aliphatic heterocycles. The molecule has 96 valence electrons. The lowest BCUT2D eigenvalue weighted by Gasteiger charge is -2.18. The number of nitrogens with zero attached hydrogens (tertiary/aromatic N) is 1. The molecule has 1 aromatic heterocycles. The van der Waals surface area contributed by atoms with E-state index in [0.29, 0.717) is 0 Å². The summed E-state index contributed by atoms with van der Waals surface area (Å²) in [5, 5.41) is -0.579. The van der Waals surface area contributed by atoms with Crippen molar-refractivity contribution in [2.45, 2.75) is 12.1 Å². The number of rotatable bonds is 2. The number of ether oxygens (including phenoxy) is 1. The Morgan fingerprint density at radius 1 is 1.35 bits per heavy atom. The maximum atomic E-state index is 13.0. The normalized spacial score (nSPS) is 12.6. The number of thiazole rings is 1. The zero-order chi connectivity index (χ0) is 13.4. The summed E-state index contributed by atoms with van der Waals surface area (Å²) in [7, 11) is 0.827. The highest BCUT2D eigenvalue weighted by molar-refractivity contribution is 7.15. The number of halogens is 5. The van der Waals surface area contributed by atoms with E-state index >= 15 is 0 Å². The fourth-order valence-electron chi connectivity index (χ4n) is 0.913. The molecule has 0 fully saturated rings. The van der Waals surface area contributed by atoms with Gasteiger partial charge in [0.25, 0.3) is 0 Å². The summed E-state index contributed by atoms with van der Waals surface area (Å²) < 4.78 is 66.4. The molecule has 4 nitrogen and oxygen atoms in total. The van der Waals surface area contributed by atoms with Gasteiger partial charge in [-0.3, -0.25) is 0 Å². The molecule has 0 spiro atoms. The lowest BCUT2D eigenvalue weighted by molar-refractivity contribution is -0.288. The first-order valence-corrected chi connectivity index (χ1v) is 4.72. The third-order valence-corrected chi connectivity index (χ3v) is 2.62. The van der Waals surface area contributed by atoms with Crippen LogP contribution in [-0.4, -0.2) is 24.2 Å². The molecule has 0 aliphatic rings. The van der Waals surface area contributed by atoms with Crippen molar-refractivity contribution in [1.82, 2.24) is 4.98 Å². The van der Waals surface area contributed by atoms with Gasteiger partial charge in [0.1, 0.15) is 4.88 Å². The van der Waals surface area contributed by atoms with E-state index in [1.54, 1.807) is 0 Å². The molecule has 17 heavy (non-hydrogen) atoms. The molecule has 0 aliphatic carbocycles. The molecule has 1 rings (SSSR count). The predicted octanol–water partition coefficient (Wildman–Crippen LogP) is 2.17.